The molecule has 3 aliphatic rings. The minimum Gasteiger partial charge on any atom is -0.459 e. The molecule has 6 unspecified atom stereocenters. The zero-order valence-corrected chi connectivity index (χ0v) is 12.4. The third-order valence-corrected chi connectivity index (χ3v) is 7.06. The fourth-order valence-electron chi connectivity index (χ4n) is 3.30. The Morgan fingerprint density at radius 3 is 3.07 bits per heavy atom. The van der Waals surface area contributed by atoms with Gasteiger partial charge in [0.05, 0.1) is 12.0 Å². The number of ether oxygens (including phenoxy) is 2. The van der Waals surface area contributed by atoms with E-state index in [1.807, 2.05) is 0 Å². The second-order valence-electron chi connectivity index (χ2n) is 4.57. The van der Waals surface area contributed by atoms with Gasteiger partial charge in [0.1, 0.15) is 10.2 Å². The van der Waals surface area contributed by atoms with Gasteiger partial charge in [0.15, 0.2) is 0 Å². The van der Waals surface area contributed by atoms with E-state index >= 15 is 0 Å². The number of alkyl halides is 2. The van der Waals surface area contributed by atoms with Crippen molar-refractivity contribution in [2.45, 2.75) is 29.2 Å². The minimum absolute atomic E-state index is 0.0260. The van der Waals surface area contributed by atoms with Crippen molar-refractivity contribution in [1.29, 1.82) is 0 Å². The molecule has 6 atom stereocenters. The molecule has 0 N–H and O–H groups in total. The lowest BCUT2D eigenvalue weighted by molar-refractivity contribution is -0.147. The van der Waals surface area contributed by atoms with Crippen molar-refractivity contribution in [3.05, 3.63) is 0 Å². The Kier molecular flexibility index (Phi) is 2.92. The van der Waals surface area contributed by atoms with Crippen LogP contribution in [-0.4, -0.2) is 26.7 Å². The van der Waals surface area contributed by atoms with Crippen molar-refractivity contribution in [1.82, 2.24) is 0 Å². The summed E-state index contributed by atoms with van der Waals surface area (Å²) in [5.41, 5.74) is 0. The van der Waals surface area contributed by atoms with Crippen LogP contribution in [0.25, 0.3) is 0 Å². The summed E-state index contributed by atoms with van der Waals surface area (Å²) in [5, 5.41) is 0. The molecule has 2 bridgehead atoms. The molecule has 84 valence electrons. The van der Waals surface area contributed by atoms with Crippen molar-refractivity contribution < 1.29 is 14.3 Å². The summed E-state index contributed by atoms with van der Waals surface area (Å²) in [6, 6.07) is 0. The monoisotopic (exact) mass is 434 g/mol. The molecule has 0 aromatic carbocycles. The van der Waals surface area contributed by atoms with E-state index in [9.17, 15) is 4.79 Å². The van der Waals surface area contributed by atoms with Crippen molar-refractivity contribution in [2.24, 2.45) is 17.8 Å². The van der Waals surface area contributed by atoms with Crippen molar-refractivity contribution >= 4 is 51.2 Å². The smallest absolute Gasteiger partial charge is 0.309 e. The van der Waals surface area contributed by atoms with Crippen LogP contribution in [0, 0.1) is 17.8 Å². The quantitative estimate of drug-likeness (QED) is 0.388. The standard InChI is InChI=1S/C10H12I2O3/c11-3-7(12)14-8-4-1-5-6(2-4)10(13)15-9(5)8/h4-9H,1-3H2. The fourth-order valence-corrected chi connectivity index (χ4v) is 3.84. The average Bonchev–Trinajstić information content (AvgIpc) is 2.81. The lowest BCUT2D eigenvalue weighted by atomic mass is 9.88. The summed E-state index contributed by atoms with van der Waals surface area (Å²) in [7, 11) is 0. The van der Waals surface area contributed by atoms with Crippen LogP contribution in [0.5, 0.6) is 0 Å². The second-order valence-corrected chi connectivity index (χ2v) is 6.84. The number of hydrogen-bond donors (Lipinski definition) is 0. The molecular formula is C10H12I2O3. The molecule has 0 aromatic heterocycles. The van der Waals surface area contributed by atoms with Crippen molar-refractivity contribution in [2.75, 3.05) is 4.43 Å². The van der Waals surface area contributed by atoms with E-state index in [0.29, 0.717) is 11.8 Å². The molecule has 0 amide bonds. The predicted molar refractivity (Wildman–Crippen MR) is 71.2 cm³/mol. The number of hydrogen-bond acceptors (Lipinski definition) is 3. The van der Waals surface area contributed by atoms with E-state index < -0.39 is 0 Å². The molecule has 0 aromatic rings. The van der Waals surface area contributed by atoms with Crippen molar-refractivity contribution in [3.8, 4) is 0 Å². The van der Waals surface area contributed by atoms with E-state index in [4.69, 9.17) is 9.47 Å². The first-order valence-electron chi connectivity index (χ1n) is 5.26. The summed E-state index contributed by atoms with van der Waals surface area (Å²) in [5.74, 6) is 1.26. The van der Waals surface area contributed by atoms with Crippen LogP contribution in [0.3, 0.4) is 0 Å². The SMILES string of the molecule is O=C1OC2C3CC(CC13)C2OC(I)CI. The Morgan fingerprint density at radius 1 is 1.53 bits per heavy atom. The highest BCUT2D eigenvalue weighted by molar-refractivity contribution is 14.1. The maximum Gasteiger partial charge on any atom is 0.309 e. The summed E-state index contributed by atoms with van der Waals surface area (Å²) in [4.78, 5) is 11.5. The molecule has 2 aliphatic carbocycles. The Balaban J connectivity index is 1.75. The molecule has 0 spiro atoms. The number of halogens is 2. The Hall–Kier alpha value is 0.890. The van der Waals surface area contributed by atoms with E-state index in [1.54, 1.807) is 0 Å². The van der Waals surface area contributed by atoms with Gasteiger partial charge in [-0.2, -0.15) is 0 Å². The number of fused-ring (bicyclic) bond motifs is 1. The van der Waals surface area contributed by atoms with Crippen LogP contribution < -0.4 is 0 Å². The molecule has 3 rings (SSSR count). The molecule has 0 radical (unpaired) electrons. The Morgan fingerprint density at radius 2 is 2.33 bits per heavy atom. The average molecular weight is 434 g/mol. The highest BCUT2D eigenvalue weighted by atomic mass is 127. The molecule has 2 saturated carbocycles. The van der Waals surface area contributed by atoms with Crippen LogP contribution in [0.1, 0.15) is 12.8 Å². The molecule has 1 aliphatic heterocycles. The minimum atomic E-state index is 0.0260. The van der Waals surface area contributed by atoms with Gasteiger partial charge in [-0.25, -0.2) is 0 Å². The first-order valence-corrected chi connectivity index (χ1v) is 8.04. The van der Waals surface area contributed by atoms with Gasteiger partial charge >= 0.3 is 5.97 Å². The number of rotatable bonds is 3. The van der Waals surface area contributed by atoms with E-state index in [1.165, 1.54) is 0 Å². The van der Waals surface area contributed by atoms with E-state index in [-0.39, 0.29) is 28.2 Å². The molecule has 1 saturated heterocycles. The summed E-state index contributed by atoms with van der Waals surface area (Å²) in [6.07, 6.45) is 2.38. The predicted octanol–water partition coefficient (Wildman–Crippen LogP) is 2.15. The zero-order valence-electron chi connectivity index (χ0n) is 8.07. The number of carbonyl (C=O) groups is 1. The highest BCUT2D eigenvalue weighted by Gasteiger charge is 2.62. The first-order chi connectivity index (χ1) is 7.20. The lowest BCUT2D eigenvalue weighted by Crippen LogP contribution is -2.36. The zero-order chi connectivity index (χ0) is 10.6. The summed E-state index contributed by atoms with van der Waals surface area (Å²) < 4.78 is 12.6. The Labute approximate surface area is 116 Å². The van der Waals surface area contributed by atoms with Gasteiger partial charge in [-0.05, 0) is 18.8 Å². The molecule has 5 heteroatoms. The van der Waals surface area contributed by atoms with E-state index in [2.05, 4.69) is 45.2 Å². The second kappa shape index (κ2) is 3.97. The molecule has 3 fully saturated rings. The highest BCUT2D eigenvalue weighted by Crippen LogP contribution is 2.55. The van der Waals surface area contributed by atoms with Gasteiger partial charge in [0.25, 0.3) is 0 Å². The fraction of sp³-hybridized carbons (Fsp3) is 0.900. The molecule has 15 heavy (non-hydrogen) atoms. The largest absolute Gasteiger partial charge is 0.459 e. The van der Waals surface area contributed by atoms with Crippen LogP contribution in [0.4, 0.5) is 0 Å². The first kappa shape index (κ1) is 11.0. The van der Waals surface area contributed by atoms with E-state index in [0.717, 1.165) is 17.3 Å². The maximum absolute atomic E-state index is 11.5. The summed E-state index contributed by atoms with van der Waals surface area (Å²) >= 11 is 4.63. The van der Waals surface area contributed by atoms with Gasteiger partial charge in [-0.3, -0.25) is 4.79 Å². The van der Waals surface area contributed by atoms with Crippen LogP contribution in [-0.2, 0) is 14.3 Å². The lowest BCUT2D eigenvalue weighted by Gasteiger charge is -2.27. The van der Waals surface area contributed by atoms with Gasteiger partial charge in [0, 0.05) is 10.3 Å². The molecule has 3 nitrogen and oxygen atoms in total. The van der Waals surface area contributed by atoms with Crippen LogP contribution in [0.2, 0.25) is 0 Å². The van der Waals surface area contributed by atoms with Crippen molar-refractivity contribution in [3.63, 3.8) is 0 Å². The topological polar surface area (TPSA) is 35.5 Å². The van der Waals surface area contributed by atoms with Gasteiger partial charge < -0.3 is 9.47 Å². The Bertz CT molecular complexity index is 296. The van der Waals surface area contributed by atoms with Gasteiger partial charge in [-0.1, -0.05) is 45.2 Å². The maximum atomic E-state index is 11.5. The molecular weight excluding hydrogens is 422 g/mol. The third kappa shape index (κ3) is 1.64. The van der Waals surface area contributed by atoms with Gasteiger partial charge in [0.2, 0.25) is 0 Å². The summed E-state index contributed by atoms with van der Waals surface area (Å²) in [6.45, 7) is 0. The van der Waals surface area contributed by atoms with Gasteiger partial charge in [-0.15, -0.1) is 0 Å². The number of esters is 1. The molecule has 1 heterocycles. The third-order valence-electron chi connectivity index (χ3n) is 3.84. The van der Waals surface area contributed by atoms with Crippen LogP contribution >= 0.6 is 45.2 Å². The number of carbonyl (C=O) groups excluding carboxylic acids is 1. The normalized spacial score (nSPS) is 48.4. The van der Waals surface area contributed by atoms with Crippen LogP contribution in [0.15, 0.2) is 0 Å².